The molecular formula is C17H16ClNO. The van der Waals surface area contributed by atoms with E-state index in [4.69, 9.17) is 11.6 Å². The Morgan fingerprint density at radius 1 is 1.15 bits per heavy atom. The van der Waals surface area contributed by atoms with Crippen LogP contribution in [0.5, 0.6) is 0 Å². The summed E-state index contributed by atoms with van der Waals surface area (Å²) in [6, 6.07) is 13.1. The molecule has 0 unspecified atom stereocenters. The highest BCUT2D eigenvalue weighted by molar-refractivity contribution is 6.30. The molecule has 0 spiro atoms. The number of carbonyl (C=O) groups is 1. The zero-order valence-corrected chi connectivity index (χ0v) is 12.3. The first-order chi connectivity index (χ1) is 9.56. The number of rotatable bonds is 4. The molecule has 0 radical (unpaired) electrons. The molecule has 0 saturated heterocycles. The van der Waals surface area contributed by atoms with Crippen LogP contribution >= 0.6 is 11.6 Å². The van der Waals surface area contributed by atoms with E-state index in [1.807, 2.05) is 50.2 Å². The quantitative estimate of drug-likeness (QED) is 0.578. The minimum absolute atomic E-state index is 0.0634. The van der Waals surface area contributed by atoms with Gasteiger partial charge in [0.25, 0.3) is 0 Å². The van der Waals surface area contributed by atoms with Gasteiger partial charge in [0.1, 0.15) is 0 Å². The molecule has 0 heterocycles. The second-order valence-corrected chi connectivity index (χ2v) is 5.17. The number of benzene rings is 2. The highest BCUT2D eigenvalue weighted by Gasteiger charge is 2.03. The van der Waals surface area contributed by atoms with Crippen molar-refractivity contribution in [1.82, 2.24) is 0 Å². The van der Waals surface area contributed by atoms with E-state index in [2.05, 4.69) is 4.99 Å². The van der Waals surface area contributed by atoms with Crippen molar-refractivity contribution in [2.75, 3.05) is 0 Å². The Labute approximate surface area is 124 Å². The fourth-order valence-corrected chi connectivity index (χ4v) is 1.97. The minimum atomic E-state index is 0.0634. The molecule has 0 bridgehead atoms. The minimum Gasteiger partial charge on any atom is -0.294 e. The number of nitrogens with zero attached hydrogens (tertiary/aromatic N) is 1. The average Bonchev–Trinajstić information content (AvgIpc) is 2.43. The number of aliphatic imine (C=N–C) groups is 1. The third-order valence-electron chi connectivity index (χ3n) is 3.05. The smallest absolute Gasteiger partial charge is 0.168 e. The summed E-state index contributed by atoms with van der Waals surface area (Å²) in [5.41, 5.74) is 3.69. The van der Waals surface area contributed by atoms with Crippen LogP contribution in [0, 0.1) is 13.8 Å². The van der Waals surface area contributed by atoms with E-state index in [0.717, 1.165) is 16.8 Å². The number of hydrogen-bond acceptors (Lipinski definition) is 2. The van der Waals surface area contributed by atoms with Crippen molar-refractivity contribution in [1.29, 1.82) is 0 Å². The molecule has 102 valence electrons. The van der Waals surface area contributed by atoms with Gasteiger partial charge in [-0.15, -0.1) is 0 Å². The Morgan fingerprint density at radius 3 is 2.55 bits per heavy atom. The van der Waals surface area contributed by atoms with Crippen LogP contribution < -0.4 is 0 Å². The van der Waals surface area contributed by atoms with Gasteiger partial charge in [-0.05, 0) is 31.5 Å². The van der Waals surface area contributed by atoms with E-state index < -0.39 is 0 Å². The maximum absolute atomic E-state index is 12.0. The number of halogens is 1. The van der Waals surface area contributed by atoms with Gasteiger partial charge < -0.3 is 0 Å². The third kappa shape index (κ3) is 3.78. The molecule has 0 atom stereocenters. The van der Waals surface area contributed by atoms with Crippen LogP contribution in [0.25, 0.3) is 0 Å². The Bertz CT molecular complexity index is 645. The van der Waals surface area contributed by atoms with Gasteiger partial charge >= 0.3 is 0 Å². The van der Waals surface area contributed by atoms with Gasteiger partial charge in [0.05, 0.1) is 5.69 Å². The van der Waals surface area contributed by atoms with Crippen LogP contribution in [0.1, 0.15) is 27.9 Å². The van der Waals surface area contributed by atoms with Crippen molar-refractivity contribution < 1.29 is 4.79 Å². The third-order valence-corrected chi connectivity index (χ3v) is 3.29. The van der Waals surface area contributed by atoms with Gasteiger partial charge in [0.15, 0.2) is 5.78 Å². The van der Waals surface area contributed by atoms with Crippen molar-refractivity contribution in [3.8, 4) is 0 Å². The molecule has 0 aliphatic carbocycles. The lowest BCUT2D eigenvalue weighted by molar-refractivity contribution is 0.100. The average molecular weight is 286 g/mol. The van der Waals surface area contributed by atoms with Crippen molar-refractivity contribution in [3.63, 3.8) is 0 Å². The van der Waals surface area contributed by atoms with Gasteiger partial charge in [-0.25, -0.2) is 0 Å². The first kappa shape index (κ1) is 14.5. The van der Waals surface area contributed by atoms with E-state index >= 15 is 0 Å². The molecule has 0 fully saturated rings. The van der Waals surface area contributed by atoms with Crippen LogP contribution in [-0.2, 0) is 0 Å². The Kier molecular flexibility index (Phi) is 4.70. The lowest BCUT2D eigenvalue weighted by atomic mass is 10.1. The van der Waals surface area contributed by atoms with Crippen LogP contribution in [0.15, 0.2) is 47.5 Å². The molecule has 2 rings (SSSR count). The summed E-state index contributed by atoms with van der Waals surface area (Å²) in [5.74, 6) is 0.0634. The summed E-state index contributed by atoms with van der Waals surface area (Å²) < 4.78 is 0. The topological polar surface area (TPSA) is 29.4 Å². The maximum atomic E-state index is 12.0. The second kappa shape index (κ2) is 6.49. The summed E-state index contributed by atoms with van der Waals surface area (Å²) in [7, 11) is 0. The molecule has 2 aromatic rings. The molecule has 0 amide bonds. The van der Waals surface area contributed by atoms with E-state index in [9.17, 15) is 4.79 Å². The van der Waals surface area contributed by atoms with Gasteiger partial charge in [-0.3, -0.25) is 9.79 Å². The molecule has 2 aromatic carbocycles. The molecule has 0 aromatic heterocycles. The molecule has 2 nitrogen and oxygen atoms in total. The number of hydrogen-bond donors (Lipinski definition) is 0. The highest BCUT2D eigenvalue weighted by atomic mass is 35.5. The largest absolute Gasteiger partial charge is 0.294 e. The fraction of sp³-hybridized carbons (Fsp3) is 0.176. The molecule has 3 heteroatoms. The van der Waals surface area contributed by atoms with Crippen molar-refractivity contribution in [3.05, 3.63) is 64.2 Å². The maximum Gasteiger partial charge on any atom is 0.168 e. The molecular weight excluding hydrogens is 270 g/mol. The molecule has 0 aliphatic rings. The van der Waals surface area contributed by atoms with Crippen molar-refractivity contribution in [2.24, 2.45) is 4.99 Å². The predicted molar refractivity (Wildman–Crippen MR) is 84.5 cm³/mol. The van der Waals surface area contributed by atoms with Crippen molar-refractivity contribution in [2.45, 2.75) is 20.3 Å². The summed E-state index contributed by atoms with van der Waals surface area (Å²) in [6.07, 6.45) is 1.93. The normalized spacial score (nSPS) is 10.9. The Hall–Kier alpha value is -1.93. The number of Topliss-reactive ketones (excluding diaryl/α,β-unsaturated/α-hetero) is 1. The summed E-state index contributed by atoms with van der Waals surface area (Å²) in [4.78, 5) is 16.3. The van der Waals surface area contributed by atoms with E-state index in [1.54, 1.807) is 12.3 Å². The SMILES string of the molecule is Cc1ccc(C(=O)CC=Nc2cc(Cl)ccc2C)cc1. The zero-order valence-electron chi connectivity index (χ0n) is 11.6. The van der Waals surface area contributed by atoms with Gasteiger partial charge in [-0.1, -0.05) is 47.5 Å². The molecule has 0 aliphatic heterocycles. The standard InChI is InChI=1S/C17H16ClNO/c1-12-3-6-14(7-4-12)17(20)9-10-19-16-11-15(18)8-5-13(16)2/h3-8,10-11H,9H2,1-2H3. The number of ketones is 1. The lowest BCUT2D eigenvalue weighted by Crippen LogP contribution is -1.99. The fourth-order valence-electron chi connectivity index (χ4n) is 1.81. The summed E-state index contributed by atoms with van der Waals surface area (Å²) in [6.45, 7) is 3.96. The van der Waals surface area contributed by atoms with Gasteiger partial charge in [0, 0.05) is 23.2 Å². The van der Waals surface area contributed by atoms with Gasteiger partial charge in [-0.2, -0.15) is 0 Å². The van der Waals surface area contributed by atoms with Crippen LogP contribution in [-0.4, -0.2) is 12.0 Å². The Balaban J connectivity index is 2.04. The van der Waals surface area contributed by atoms with Crippen LogP contribution in [0.4, 0.5) is 5.69 Å². The van der Waals surface area contributed by atoms with Crippen LogP contribution in [0.2, 0.25) is 5.02 Å². The highest BCUT2D eigenvalue weighted by Crippen LogP contribution is 2.22. The molecule has 0 saturated carbocycles. The molecule has 0 N–H and O–H groups in total. The predicted octanol–water partition coefficient (Wildman–Crippen LogP) is 4.93. The lowest BCUT2D eigenvalue weighted by Gasteiger charge is -2.01. The number of aryl methyl sites for hydroxylation is 2. The Morgan fingerprint density at radius 2 is 1.85 bits per heavy atom. The zero-order chi connectivity index (χ0) is 14.5. The summed E-state index contributed by atoms with van der Waals surface area (Å²) >= 11 is 5.93. The first-order valence-electron chi connectivity index (χ1n) is 6.45. The van der Waals surface area contributed by atoms with Gasteiger partial charge in [0.2, 0.25) is 0 Å². The first-order valence-corrected chi connectivity index (χ1v) is 6.82. The van der Waals surface area contributed by atoms with E-state index in [0.29, 0.717) is 10.6 Å². The monoisotopic (exact) mass is 285 g/mol. The van der Waals surface area contributed by atoms with Crippen LogP contribution in [0.3, 0.4) is 0 Å². The second-order valence-electron chi connectivity index (χ2n) is 4.74. The molecule has 20 heavy (non-hydrogen) atoms. The van der Waals surface area contributed by atoms with E-state index in [-0.39, 0.29) is 12.2 Å². The van der Waals surface area contributed by atoms with E-state index in [1.165, 1.54) is 0 Å². The number of carbonyl (C=O) groups excluding carboxylic acids is 1. The van der Waals surface area contributed by atoms with Crippen molar-refractivity contribution >= 4 is 29.3 Å². The summed E-state index contributed by atoms with van der Waals surface area (Å²) in [5, 5.41) is 0.646.